The van der Waals surface area contributed by atoms with Gasteiger partial charge in [0, 0.05) is 21.1 Å². The van der Waals surface area contributed by atoms with Crippen LogP contribution in [0.3, 0.4) is 0 Å². The maximum atomic E-state index is 8.25. The van der Waals surface area contributed by atoms with Gasteiger partial charge in [-0.1, -0.05) is 0 Å². The van der Waals surface area contributed by atoms with E-state index in [2.05, 4.69) is 0 Å². The molecule has 0 heterocycles. The Labute approximate surface area is 83.0 Å². The first-order valence-electron chi connectivity index (χ1n) is 1.64. The molecule has 0 saturated heterocycles. The molecule has 0 N–H and O–H groups in total. The minimum atomic E-state index is -1.75. The average Bonchev–Trinajstić information content (AvgIpc) is 1.54. The van der Waals surface area contributed by atoms with Crippen LogP contribution in [0.5, 0.6) is 0 Å². The van der Waals surface area contributed by atoms with E-state index >= 15 is 0 Å². The Balaban J connectivity index is -0.0000000450. The first kappa shape index (κ1) is 22.5. The summed E-state index contributed by atoms with van der Waals surface area (Å²) in [5, 5.41) is 44.2. The van der Waals surface area contributed by atoms with E-state index in [-0.39, 0.29) is 21.1 Å². The smallest absolute Gasteiger partial charge is 0.0689 e. The van der Waals surface area contributed by atoms with Gasteiger partial charge in [-0.3, -0.25) is 0 Å². The van der Waals surface area contributed by atoms with Gasteiger partial charge in [0.25, 0.3) is 0 Å². The van der Waals surface area contributed by atoms with Crippen LogP contribution in [-0.2, 0) is 21.1 Å². The fourth-order valence-electron chi connectivity index (χ4n) is 0. The normalized spacial score (nSPS) is 5.54. The first-order valence-corrected chi connectivity index (χ1v) is 1.64. The molecule has 13 heavy (non-hydrogen) atoms. The van der Waals surface area contributed by atoms with Crippen LogP contribution in [0.15, 0.2) is 0 Å². The summed E-state index contributed by atoms with van der Waals surface area (Å²) in [4.78, 5) is 24.8. The predicted molar refractivity (Wildman–Crippen MR) is 31.1 cm³/mol. The largest absolute Gasteiger partial charge is 0.356 e. The van der Waals surface area contributed by atoms with Crippen molar-refractivity contribution in [3.63, 3.8) is 0 Å². The monoisotopic (exact) mass is 381 g/mol. The van der Waals surface area contributed by atoms with Crippen LogP contribution in [0, 0.1) is 46.0 Å². The fraction of sp³-hybridized carbons (Fsp3) is 0. The van der Waals surface area contributed by atoms with Gasteiger partial charge in [-0.25, -0.2) is 0 Å². The molecule has 13 heteroatoms. The Bertz CT molecular complexity index is 112. The maximum absolute atomic E-state index is 8.25. The number of nitrogens with zero attached hydrogens (tertiary/aromatic N) is 3. The third-order valence-corrected chi connectivity index (χ3v) is 0. The molecule has 0 aliphatic heterocycles. The van der Waals surface area contributed by atoms with Crippen molar-refractivity contribution >= 4 is 0 Å². The quantitative estimate of drug-likeness (QED) is 0.383. The van der Waals surface area contributed by atoms with Crippen LogP contribution in [0.1, 0.15) is 0 Å². The maximum Gasteiger partial charge on any atom is 0.0689 e. The molecule has 0 bridgehead atoms. The van der Waals surface area contributed by atoms with E-state index in [1.165, 1.54) is 0 Å². The van der Waals surface area contributed by atoms with Crippen molar-refractivity contribution in [2.45, 2.75) is 0 Å². The summed E-state index contributed by atoms with van der Waals surface area (Å²) in [5.41, 5.74) is 0. The Hall–Kier alpha value is -1.71. The molecule has 0 rings (SSSR count). The molecular weight excluding hydrogens is 381 g/mol. The molecule has 0 aliphatic carbocycles. The van der Waals surface area contributed by atoms with E-state index in [1.54, 1.807) is 0 Å². The van der Waals surface area contributed by atoms with Crippen LogP contribution in [0.25, 0.3) is 0 Å². The predicted octanol–water partition coefficient (Wildman–Crippen LogP) is -0.720. The summed E-state index contributed by atoms with van der Waals surface area (Å²) in [6.45, 7) is 0. The van der Waals surface area contributed by atoms with Gasteiger partial charge < -0.3 is 46.0 Å². The van der Waals surface area contributed by atoms with Gasteiger partial charge in [0.1, 0.15) is 0 Å². The van der Waals surface area contributed by atoms with Crippen LogP contribution >= 0.6 is 0 Å². The summed E-state index contributed by atoms with van der Waals surface area (Å²) in [5.74, 6) is 0. The van der Waals surface area contributed by atoms with Crippen LogP contribution in [0.2, 0.25) is 0 Å². The van der Waals surface area contributed by atoms with Crippen LogP contribution in [0.4, 0.5) is 0 Å². The summed E-state index contributed by atoms with van der Waals surface area (Å²) in [7, 11) is 0. The minimum Gasteiger partial charge on any atom is -0.356 e. The van der Waals surface area contributed by atoms with Gasteiger partial charge in [0.05, 0.1) is 15.3 Å². The molecule has 0 radical (unpaired) electrons. The van der Waals surface area contributed by atoms with E-state index in [1.807, 2.05) is 0 Å². The molecule has 82 valence electrons. The first-order chi connectivity index (χ1) is 5.20. The standard InChI is InChI=1S/3NO3.Pt/c3*2-1(3)4;/q3*-1;. The zero-order chi connectivity index (χ0) is 10.7. The van der Waals surface area contributed by atoms with Gasteiger partial charge in [-0.15, -0.1) is 0 Å². The average molecular weight is 381 g/mol. The zero-order valence-electron chi connectivity index (χ0n) is 5.33. The molecule has 0 aromatic heterocycles. The molecule has 12 nitrogen and oxygen atoms in total. The van der Waals surface area contributed by atoms with E-state index in [0.29, 0.717) is 0 Å². The van der Waals surface area contributed by atoms with Crippen molar-refractivity contribution in [2.75, 3.05) is 0 Å². The number of hydrogen-bond acceptors (Lipinski definition) is 9. The molecule has 0 unspecified atom stereocenters. The van der Waals surface area contributed by atoms with Crippen molar-refractivity contribution in [3.8, 4) is 0 Å². The van der Waals surface area contributed by atoms with Crippen LogP contribution in [-0.4, -0.2) is 15.3 Å². The molecule has 0 aliphatic rings. The number of rotatable bonds is 0. The molecule has 0 atom stereocenters. The Morgan fingerprint density at radius 2 is 0.538 bits per heavy atom. The van der Waals surface area contributed by atoms with Crippen molar-refractivity contribution in [3.05, 3.63) is 46.0 Å². The second-order valence-corrected chi connectivity index (χ2v) is 0.671. The third kappa shape index (κ3) is 241. The van der Waals surface area contributed by atoms with Gasteiger partial charge in [-0.2, -0.15) is 0 Å². The molecule has 0 saturated carbocycles. The Morgan fingerprint density at radius 1 is 0.538 bits per heavy atom. The van der Waals surface area contributed by atoms with E-state index in [9.17, 15) is 0 Å². The van der Waals surface area contributed by atoms with Gasteiger partial charge in [0.2, 0.25) is 0 Å². The van der Waals surface area contributed by atoms with E-state index < -0.39 is 15.3 Å². The van der Waals surface area contributed by atoms with Crippen LogP contribution < -0.4 is 0 Å². The van der Waals surface area contributed by atoms with Gasteiger partial charge in [0.15, 0.2) is 0 Å². The van der Waals surface area contributed by atoms with Crippen molar-refractivity contribution in [1.29, 1.82) is 0 Å². The van der Waals surface area contributed by atoms with E-state index in [0.717, 1.165) is 0 Å². The SMILES string of the molecule is O=[N+]([O-])[O-].O=[N+]([O-])[O-].O=[N+]([O-])[O-].[Pt]. The topological polar surface area (TPSA) is 199 Å². The molecule has 0 aromatic carbocycles. The minimum absolute atomic E-state index is 0. The molecule has 0 aromatic rings. The third-order valence-electron chi connectivity index (χ3n) is 0. The molecule has 0 spiro atoms. The van der Waals surface area contributed by atoms with Gasteiger partial charge in [-0.05, 0) is 0 Å². The summed E-state index contributed by atoms with van der Waals surface area (Å²) in [6.07, 6.45) is 0. The zero-order valence-corrected chi connectivity index (χ0v) is 7.60. The summed E-state index contributed by atoms with van der Waals surface area (Å²) >= 11 is 0. The van der Waals surface area contributed by atoms with Crippen molar-refractivity contribution in [2.24, 2.45) is 0 Å². The molecule has 0 amide bonds. The van der Waals surface area contributed by atoms with Crippen molar-refractivity contribution < 1.29 is 36.3 Å². The summed E-state index contributed by atoms with van der Waals surface area (Å²) < 4.78 is 0. The Morgan fingerprint density at radius 3 is 0.538 bits per heavy atom. The fourth-order valence-corrected chi connectivity index (χ4v) is 0. The second kappa shape index (κ2) is 16.7. The van der Waals surface area contributed by atoms with E-state index in [4.69, 9.17) is 46.0 Å². The molecule has 0 fully saturated rings. The Kier molecular flexibility index (Phi) is 28.9. The number of hydrogen-bond donors (Lipinski definition) is 0. The summed E-state index contributed by atoms with van der Waals surface area (Å²) in [6, 6.07) is 0. The second-order valence-electron chi connectivity index (χ2n) is 0.671. The molecular formula is N3O9Pt-3. The van der Waals surface area contributed by atoms with Gasteiger partial charge >= 0.3 is 0 Å². The van der Waals surface area contributed by atoms with Crippen molar-refractivity contribution in [1.82, 2.24) is 0 Å².